The Labute approximate surface area is 104 Å². The SMILES string of the molecule is Cc1ccc(O[C@H](C)C(=O)Nc2ncn[nH]2)cc1. The molecule has 94 valence electrons. The second-order valence-electron chi connectivity index (χ2n) is 3.90. The molecule has 18 heavy (non-hydrogen) atoms. The van der Waals surface area contributed by atoms with E-state index in [1.807, 2.05) is 31.2 Å². The summed E-state index contributed by atoms with van der Waals surface area (Å²) in [6.07, 6.45) is 0.707. The minimum Gasteiger partial charge on any atom is -0.481 e. The van der Waals surface area contributed by atoms with Crippen molar-refractivity contribution in [2.24, 2.45) is 0 Å². The number of H-pyrrole nitrogens is 1. The molecule has 2 aromatic rings. The third-order valence-electron chi connectivity index (χ3n) is 2.36. The van der Waals surface area contributed by atoms with Crippen LogP contribution in [0.15, 0.2) is 30.6 Å². The topological polar surface area (TPSA) is 79.9 Å². The first kappa shape index (κ1) is 12.1. The number of nitrogens with one attached hydrogen (secondary N) is 2. The van der Waals surface area contributed by atoms with Gasteiger partial charge in [0.15, 0.2) is 6.10 Å². The number of nitrogens with zero attached hydrogens (tertiary/aromatic N) is 2. The van der Waals surface area contributed by atoms with Crippen LogP contribution in [0.3, 0.4) is 0 Å². The molecule has 1 amide bonds. The van der Waals surface area contributed by atoms with Gasteiger partial charge in [0.1, 0.15) is 12.1 Å². The molecule has 0 aliphatic heterocycles. The average molecular weight is 246 g/mol. The minimum atomic E-state index is -0.613. The van der Waals surface area contributed by atoms with E-state index in [4.69, 9.17) is 4.74 Å². The molecule has 6 nitrogen and oxygen atoms in total. The van der Waals surface area contributed by atoms with E-state index < -0.39 is 6.10 Å². The van der Waals surface area contributed by atoms with E-state index in [0.717, 1.165) is 5.56 Å². The zero-order chi connectivity index (χ0) is 13.0. The van der Waals surface area contributed by atoms with Gasteiger partial charge < -0.3 is 4.74 Å². The van der Waals surface area contributed by atoms with Crippen molar-refractivity contribution in [2.45, 2.75) is 20.0 Å². The lowest BCUT2D eigenvalue weighted by Crippen LogP contribution is -2.30. The zero-order valence-electron chi connectivity index (χ0n) is 10.2. The number of carbonyl (C=O) groups excluding carboxylic acids is 1. The van der Waals surface area contributed by atoms with E-state index in [2.05, 4.69) is 20.5 Å². The molecule has 1 atom stereocenters. The molecule has 6 heteroatoms. The summed E-state index contributed by atoms with van der Waals surface area (Å²) in [7, 11) is 0. The van der Waals surface area contributed by atoms with Gasteiger partial charge in [-0.25, -0.2) is 5.10 Å². The molecule has 2 rings (SSSR count). The van der Waals surface area contributed by atoms with Crippen molar-refractivity contribution < 1.29 is 9.53 Å². The van der Waals surface area contributed by atoms with E-state index in [-0.39, 0.29) is 5.91 Å². The quantitative estimate of drug-likeness (QED) is 0.857. The summed E-state index contributed by atoms with van der Waals surface area (Å²) in [5.74, 6) is 0.674. The first-order valence-electron chi connectivity index (χ1n) is 5.54. The molecule has 1 aromatic heterocycles. The van der Waals surface area contributed by atoms with Gasteiger partial charge in [0.05, 0.1) is 0 Å². The van der Waals surface area contributed by atoms with E-state index in [0.29, 0.717) is 11.7 Å². The van der Waals surface area contributed by atoms with Crippen LogP contribution < -0.4 is 10.1 Å². The monoisotopic (exact) mass is 246 g/mol. The predicted molar refractivity (Wildman–Crippen MR) is 66.3 cm³/mol. The van der Waals surface area contributed by atoms with Crippen molar-refractivity contribution in [2.75, 3.05) is 5.32 Å². The van der Waals surface area contributed by atoms with Crippen LogP contribution in [0.5, 0.6) is 5.75 Å². The van der Waals surface area contributed by atoms with Crippen molar-refractivity contribution in [3.63, 3.8) is 0 Å². The van der Waals surface area contributed by atoms with Crippen molar-refractivity contribution in [1.82, 2.24) is 15.2 Å². The maximum Gasteiger partial charge on any atom is 0.267 e. The first-order valence-corrected chi connectivity index (χ1v) is 5.54. The Morgan fingerprint density at radius 1 is 1.39 bits per heavy atom. The van der Waals surface area contributed by atoms with Crippen molar-refractivity contribution >= 4 is 11.9 Å². The average Bonchev–Trinajstić information content (AvgIpc) is 2.85. The number of amides is 1. The van der Waals surface area contributed by atoms with Crippen LogP contribution in [-0.2, 0) is 4.79 Å². The van der Waals surface area contributed by atoms with E-state index in [9.17, 15) is 4.79 Å². The standard InChI is InChI=1S/C12H14N4O2/c1-8-3-5-10(6-4-8)18-9(2)11(17)15-12-13-7-14-16-12/h3-7,9H,1-2H3,(H2,13,14,15,16,17)/t9-/m1/s1. The Bertz CT molecular complexity index is 507. The molecule has 0 radical (unpaired) electrons. The van der Waals surface area contributed by atoms with Crippen LogP contribution in [0.1, 0.15) is 12.5 Å². The number of hydrogen-bond donors (Lipinski definition) is 2. The Morgan fingerprint density at radius 3 is 2.72 bits per heavy atom. The summed E-state index contributed by atoms with van der Waals surface area (Å²) in [5, 5.41) is 8.74. The number of anilines is 1. The maximum absolute atomic E-state index is 11.8. The van der Waals surface area contributed by atoms with Gasteiger partial charge in [-0.05, 0) is 26.0 Å². The maximum atomic E-state index is 11.8. The molecule has 2 N–H and O–H groups in total. The van der Waals surface area contributed by atoms with Crippen LogP contribution >= 0.6 is 0 Å². The van der Waals surface area contributed by atoms with Crippen molar-refractivity contribution in [3.05, 3.63) is 36.2 Å². The number of carbonyl (C=O) groups is 1. The fourth-order valence-corrected chi connectivity index (χ4v) is 1.36. The Morgan fingerprint density at radius 2 is 2.11 bits per heavy atom. The lowest BCUT2D eigenvalue weighted by Gasteiger charge is -2.13. The third kappa shape index (κ3) is 3.07. The molecule has 0 aliphatic rings. The lowest BCUT2D eigenvalue weighted by atomic mass is 10.2. The van der Waals surface area contributed by atoms with Crippen LogP contribution in [0.25, 0.3) is 0 Å². The number of aryl methyl sites for hydroxylation is 1. The Balaban J connectivity index is 1.93. The number of benzene rings is 1. The van der Waals surface area contributed by atoms with Crippen LogP contribution in [0.4, 0.5) is 5.95 Å². The molecule has 0 spiro atoms. The minimum absolute atomic E-state index is 0.285. The summed E-state index contributed by atoms with van der Waals surface area (Å²) < 4.78 is 5.51. The molecule has 0 bridgehead atoms. The number of rotatable bonds is 4. The highest BCUT2D eigenvalue weighted by molar-refractivity contribution is 5.92. The Kier molecular flexibility index (Phi) is 3.57. The van der Waals surface area contributed by atoms with Gasteiger partial charge in [-0.2, -0.15) is 10.1 Å². The van der Waals surface area contributed by atoms with Gasteiger partial charge >= 0.3 is 0 Å². The molecule has 0 unspecified atom stereocenters. The predicted octanol–water partition coefficient (Wildman–Crippen LogP) is 1.52. The van der Waals surface area contributed by atoms with Gasteiger partial charge in [0, 0.05) is 0 Å². The fourth-order valence-electron chi connectivity index (χ4n) is 1.36. The number of aromatic nitrogens is 3. The summed E-state index contributed by atoms with van der Waals surface area (Å²) in [6.45, 7) is 3.66. The number of hydrogen-bond acceptors (Lipinski definition) is 4. The highest BCUT2D eigenvalue weighted by Crippen LogP contribution is 2.13. The summed E-state index contributed by atoms with van der Waals surface area (Å²) >= 11 is 0. The molecule has 0 aliphatic carbocycles. The largest absolute Gasteiger partial charge is 0.481 e. The highest BCUT2D eigenvalue weighted by atomic mass is 16.5. The first-order chi connectivity index (χ1) is 8.65. The summed E-state index contributed by atoms with van der Waals surface area (Å²) in [6, 6.07) is 7.51. The summed E-state index contributed by atoms with van der Waals surface area (Å²) in [5.41, 5.74) is 1.14. The van der Waals surface area contributed by atoms with E-state index >= 15 is 0 Å². The van der Waals surface area contributed by atoms with Crippen molar-refractivity contribution in [3.8, 4) is 5.75 Å². The molecule has 1 aromatic carbocycles. The molecule has 0 fully saturated rings. The summed E-state index contributed by atoms with van der Waals surface area (Å²) in [4.78, 5) is 15.6. The van der Waals surface area contributed by atoms with Gasteiger partial charge in [-0.1, -0.05) is 17.7 Å². The molecular weight excluding hydrogens is 232 g/mol. The van der Waals surface area contributed by atoms with Gasteiger partial charge in [0.2, 0.25) is 5.95 Å². The van der Waals surface area contributed by atoms with Crippen LogP contribution in [0.2, 0.25) is 0 Å². The molecule has 0 saturated carbocycles. The second-order valence-corrected chi connectivity index (χ2v) is 3.90. The van der Waals surface area contributed by atoms with E-state index in [1.165, 1.54) is 6.33 Å². The zero-order valence-corrected chi connectivity index (χ0v) is 10.2. The fraction of sp³-hybridized carbons (Fsp3) is 0.250. The number of aromatic amines is 1. The van der Waals surface area contributed by atoms with Crippen LogP contribution in [0, 0.1) is 6.92 Å². The highest BCUT2D eigenvalue weighted by Gasteiger charge is 2.15. The van der Waals surface area contributed by atoms with Gasteiger partial charge in [-0.15, -0.1) is 0 Å². The Hall–Kier alpha value is -2.37. The number of ether oxygens (including phenoxy) is 1. The molecule has 1 heterocycles. The molecular formula is C12H14N4O2. The van der Waals surface area contributed by atoms with Crippen LogP contribution in [-0.4, -0.2) is 27.2 Å². The lowest BCUT2D eigenvalue weighted by molar-refractivity contribution is -0.122. The third-order valence-corrected chi connectivity index (χ3v) is 2.36. The molecule has 0 saturated heterocycles. The van der Waals surface area contributed by atoms with E-state index in [1.54, 1.807) is 6.92 Å². The smallest absolute Gasteiger partial charge is 0.267 e. The van der Waals surface area contributed by atoms with Gasteiger partial charge in [-0.3, -0.25) is 10.1 Å². The second kappa shape index (κ2) is 5.31. The normalized spacial score (nSPS) is 11.9. The van der Waals surface area contributed by atoms with Gasteiger partial charge in [0.25, 0.3) is 5.91 Å². The van der Waals surface area contributed by atoms with Crippen molar-refractivity contribution in [1.29, 1.82) is 0 Å².